The lowest BCUT2D eigenvalue weighted by Crippen LogP contribution is -2.40. The number of carbonyl (C=O) groups is 2. The van der Waals surface area contributed by atoms with E-state index in [0.717, 1.165) is 6.54 Å². The van der Waals surface area contributed by atoms with E-state index < -0.39 is 0 Å². The Kier molecular flexibility index (Phi) is 4.11. The fourth-order valence-electron chi connectivity index (χ4n) is 2.41. The van der Waals surface area contributed by atoms with Crippen molar-refractivity contribution in [3.63, 3.8) is 0 Å². The lowest BCUT2D eigenvalue weighted by molar-refractivity contribution is -0.128. The Morgan fingerprint density at radius 1 is 1.50 bits per heavy atom. The van der Waals surface area contributed by atoms with Gasteiger partial charge >= 0.3 is 0 Å². The first-order chi connectivity index (χ1) is 9.33. The molecule has 2 heterocycles. The highest BCUT2D eigenvalue weighted by Gasteiger charge is 2.32. The van der Waals surface area contributed by atoms with Crippen LogP contribution in [0.4, 0.5) is 0 Å². The summed E-state index contributed by atoms with van der Waals surface area (Å²) in [7, 11) is 0. The van der Waals surface area contributed by atoms with Crippen molar-refractivity contribution in [2.24, 2.45) is 5.41 Å². The van der Waals surface area contributed by atoms with Gasteiger partial charge in [0.15, 0.2) is 0 Å². The SMILES string of the molecule is CC(C)(C)CN1C[C@H](NC(=O)Cn2cccn2)CC1=O. The van der Waals surface area contributed by atoms with Gasteiger partial charge in [-0.25, -0.2) is 0 Å². The molecule has 1 atom stereocenters. The van der Waals surface area contributed by atoms with Crippen LogP contribution in [0, 0.1) is 5.41 Å². The van der Waals surface area contributed by atoms with Crippen molar-refractivity contribution in [1.82, 2.24) is 20.0 Å². The van der Waals surface area contributed by atoms with Gasteiger partial charge in [-0.3, -0.25) is 14.3 Å². The summed E-state index contributed by atoms with van der Waals surface area (Å²) in [5.41, 5.74) is 0.0730. The Morgan fingerprint density at radius 3 is 2.85 bits per heavy atom. The third-order valence-electron chi connectivity index (χ3n) is 3.11. The Bertz CT molecular complexity index is 476. The first kappa shape index (κ1) is 14.6. The molecule has 6 heteroatoms. The monoisotopic (exact) mass is 278 g/mol. The summed E-state index contributed by atoms with van der Waals surface area (Å²) in [5, 5.41) is 6.89. The minimum Gasteiger partial charge on any atom is -0.349 e. The third kappa shape index (κ3) is 4.08. The van der Waals surface area contributed by atoms with E-state index in [4.69, 9.17) is 0 Å². The zero-order valence-corrected chi connectivity index (χ0v) is 12.3. The second-order valence-electron chi connectivity index (χ2n) is 6.51. The molecule has 110 valence electrons. The van der Waals surface area contributed by atoms with Gasteiger partial charge in [-0.2, -0.15) is 5.10 Å². The maximum Gasteiger partial charge on any atom is 0.242 e. The highest BCUT2D eigenvalue weighted by molar-refractivity contribution is 5.82. The molecule has 6 nitrogen and oxygen atoms in total. The van der Waals surface area contributed by atoms with Crippen LogP contribution in [-0.4, -0.2) is 45.6 Å². The standard InChI is InChI=1S/C14H22N4O2/c1-14(2,3)10-17-8-11(7-13(17)20)16-12(19)9-18-6-4-5-15-18/h4-6,11H,7-10H2,1-3H3,(H,16,19)/t11-/m1/s1. The number of nitrogens with one attached hydrogen (secondary N) is 1. The average molecular weight is 278 g/mol. The van der Waals surface area contributed by atoms with E-state index in [-0.39, 0.29) is 29.8 Å². The topological polar surface area (TPSA) is 67.2 Å². The summed E-state index contributed by atoms with van der Waals surface area (Å²) >= 11 is 0. The van der Waals surface area contributed by atoms with Gasteiger partial charge in [0.25, 0.3) is 0 Å². The molecule has 1 fully saturated rings. The lowest BCUT2D eigenvalue weighted by atomic mass is 9.96. The van der Waals surface area contributed by atoms with Gasteiger partial charge in [-0.05, 0) is 11.5 Å². The number of hydrogen-bond donors (Lipinski definition) is 1. The largest absolute Gasteiger partial charge is 0.349 e. The summed E-state index contributed by atoms with van der Waals surface area (Å²) in [6.07, 6.45) is 3.77. The summed E-state index contributed by atoms with van der Waals surface area (Å²) in [6.45, 7) is 7.81. The maximum atomic E-state index is 11.9. The summed E-state index contributed by atoms with van der Waals surface area (Å²) < 4.78 is 1.57. The van der Waals surface area contributed by atoms with Crippen LogP contribution in [0.1, 0.15) is 27.2 Å². The average Bonchev–Trinajstić information content (AvgIpc) is 2.88. The Hall–Kier alpha value is -1.85. The van der Waals surface area contributed by atoms with Crippen LogP contribution in [-0.2, 0) is 16.1 Å². The van der Waals surface area contributed by atoms with Gasteiger partial charge in [0, 0.05) is 31.9 Å². The molecule has 1 aromatic rings. The summed E-state index contributed by atoms with van der Waals surface area (Å²) in [4.78, 5) is 25.6. The Morgan fingerprint density at radius 2 is 2.25 bits per heavy atom. The summed E-state index contributed by atoms with van der Waals surface area (Å²) in [6, 6.07) is 1.69. The lowest BCUT2D eigenvalue weighted by Gasteiger charge is -2.26. The molecule has 2 rings (SSSR count). The minimum atomic E-state index is -0.107. The molecule has 1 aromatic heterocycles. The molecule has 0 spiro atoms. The number of aromatic nitrogens is 2. The number of likely N-dealkylation sites (tertiary alicyclic amines) is 1. The van der Waals surface area contributed by atoms with Gasteiger partial charge in [0.1, 0.15) is 6.54 Å². The van der Waals surface area contributed by atoms with Crippen LogP contribution in [0.5, 0.6) is 0 Å². The van der Waals surface area contributed by atoms with E-state index in [1.807, 2.05) is 4.90 Å². The van der Waals surface area contributed by atoms with E-state index in [1.165, 1.54) is 0 Å². The van der Waals surface area contributed by atoms with Gasteiger partial charge in [0.05, 0.1) is 6.04 Å². The Balaban J connectivity index is 1.83. The van der Waals surface area contributed by atoms with E-state index in [2.05, 4.69) is 31.2 Å². The molecular weight excluding hydrogens is 256 g/mol. The predicted octanol–water partition coefficient (Wildman–Crippen LogP) is 0.646. The van der Waals surface area contributed by atoms with E-state index in [0.29, 0.717) is 13.0 Å². The second-order valence-corrected chi connectivity index (χ2v) is 6.51. The maximum absolute atomic E-state index is 11.9. The van der Waals surface area contributed by atoms with E-state index in [1.54, 1.807) is 23.1 Å². The molecule has 1 N–H and O–H groups in total. The van der Waals surface area contributed by atoms with Crippen molar-refractivity contribution < 1.29 is 9.59 Å². The Labute approximate surface area is 119 Å². The van der Waals surface area contributed by atoms with Crippen molar-refractivity contribution in [3.05, 3.63) is 18.5 Å². The molecule has 0 unspecified atom stereocenters. The van der Waals surface area contributed by atoms with E-state index in [9.17, 15) is 9.59 Å². The second kappa shape index (κ2) is 5.64. The molecule has 0 aromatic carbocycles. The third-order valence-corrected chi connectivity index (χ3v) is 3.11. The highest BCUT2D eigenvalue weighted by Crippen LogP contribution is 2.20. The van der Waals surface area contributed by atoms with Crippen LogP contribution in [0.25, 0.3) is 0 Å². The first-order valence-corrected chi connectivity index (χ1v) is 6.88. The van der Waals surface area contributed by atoms with Crippen LogP contribution in [0.15, 0.2) is 18.5 Å². The first-order valence-electron chi connectivity index (χ1n) is 6.88. The minimum absolute atomic E-state index is 0.0730. The molecular formula is C14H22N4O2. The molecule has 1 aliphatic rings. The zero-order chi connectivity index (χ0) is 14.8. The molecule has 0 radical (unpaired) electrons. The van der Waals surface area contributed by atoms with Gasteiger partial charge < -0.3 is 10.2 Å². The smallest absolute Gasteiger partial charge is 0.242 e. The molecule has 20 heavy (non-hydrogen) atoms. The zero-order valence-electron chi connectivity index (χ0n) is 12.3. The van der Waals surface area contributed by atoms with Crippen molar-refractivity contribution >= 4 is 11.8 Å². The summed E-state index contributed by atoms with van der Waals surface area (Å²) in [5.74, 6) is 0.00780. The molecule has 1 aliphatic heterocycles. The fraction of sp³-hybridized carbons (Fsp3) is 0.643. The quantitative estimate of drug-likeness (QED) is 0.879. The van der Waals surface area contributed by atoms with Crippen LogP contribution in [0.2, 0.25) is 0 Å². The molecule has 0 bridgehead atoms. The fourth-order valence-corrected chi connectivity index (χ4v) is 2.41. The molecule has 2 amide bonds. The molecule has 0 saturated carbocycles. The highest BCUT2D eigenvalue weighted by atomic mass is 16.2. The molecule has 1 saturated heterocycles. The number of hydrogen-bond acceptors (Lipinski definition) is 3. The van der Waals surface area contributed by atoms with Crippen molar-refractivity contribution in [1.29, 1.82) is 0 Å². The number of carbonyl (C=O) groups excluding carboxylic acids is 2. The van der Waals surface area contributed by atoms with E-state index >= 15 is 0 Å². The van der Waals surface area contributed by atoms with Gasteiger partial charge in [-0.1, -0.05) is 20.8 Å². The van der Waals surface area contributed by atoms with Crippen LogP contribution >= 0.6 is 0 Å². The number of rotatable bonds is 4. The van der Waals surface area contributed by atoms with Gasteiger partial charge in [-0.15, -0.1) is 0 Å². The van der Waals surface area contributed by atoms with Crippen molar-refractivity contribution in [2.75, 3.05) is 13.1 Å². The van der Waals surface area contributed by atoms with Crippen molar-refractivity contribution in [3.8, 4) is 0 Å². The molecule has 0 aliphatic carbocycles. The van der Waals surface area contributed by atoms with Crippen LogP contribution < -0.4 is 5.32 Å². The normalized spacial score (nSPS) is 19.4. The number of nitrogens with zero attached hydrogens (tertiary/aromatic N) is 3. The number of amides is 2. The van der Waals surface area contributed by atoms with Crippen LogP contribution in [0.3, 0.4) is 0 Å². The van der Waals surface area contributed by atoms with Gasteiger partial charge in [0.2, 0.25) is 11.8 Å². The van der Waals surface area contributed by atoms with Crippen molar-refractivity contribution in [2.45, 2.75) is 39.8 Å². The predicted molar refractivity (Wildman–Crippen MR) is 74.8 cm³/mol.